The molecule has 7 nitrogen and oxygen atoms in total. The van der Waals surface area contributed by atoms with Gasteiger partial charge in [0.1, 0.15) is 17.8 Å². The minimum absolute atomic E-state index is 0.149. The largest absolute Gasteiger partial charge is 0.493 e. The molecule has 0 saturated heterocycles. The highest BCUT2D eigenvalue weighted by molar-refractivity contribution is 14.1. The highest BCUT2D eigenvalue weighted by atomic mass is 127. The van der Waals surface area contributed by atoms with Crippen molar-refractivity contribution in [1.29, 1.82) is 0 Å². The number of benzene rings is 2. The first-order valence-electron chi connectivity index (χ1n) is 7.53. The lowest BCUT2D eigenvalue weighted by molar-refractivity contribution is 0.174. The van der Waals surface area contributed by atoms with Crippen molar-refractivity contribution in [1.82, 2.24) is 9.97 Å². The van der Waals surface area contributed by atoms with Crippen LogP contribution in [0.2, 0.25) is 5.02 Å². The summed E-state index contributed by atoms with van der Waals surface area (Å²) >= 11 is 8.59. The van der Waals surface area contributed by atoms with Crippen molar-refractivity contribution >= 4 is 56.6 Å². The van der Waals surface area contributed by atoms with Crippen LogP contribution in [0.25, 0.3) is 10.9 Å². The highest BCUT2D eigenvalue weighted by Crippen LogP contribution is 2.48. The maximum atomic E-state index is 6.43. The molecule has 0 amide bonds. The van der Waals surface area contributed by atoms with E-state index in [4.69, 9.17) is 30.5 Å². The predicted molar refractivity (Wildman–Crippen MR) is 106 cm³/mol. The Kier molecular flexibility index (Phi) is 4.53. The quantitative estimate of drug-likeness (QED) is 0.550. The number of hydrogen-bond acceptors (Lipinski definition) is 7. The van der Waals surface area contributed by atoms with Gasteiger partial charge in [0.05, 0.1) is 28.3 Å². The molecule has 26 heavy (non-hydrogen) atoms. The van der Waals surface area contributed by atoms with E-state index in [1.807, 2.05) is 12.1 Å². The van der Waals surface area contributed by atoms with Gasteiger partial charge in [0.15, 0.2) is 23.0 Å². The molecular weight excluding hydrogens is 473 g/mol. The van der Waals surface area contributed by atoms with Crippen molar-refractivity contribution in [3.63, 3.8) is 0 Å². The Morgan fingerprint density at radius 1 is 1.08 bits per heavy atom. The molecule has 0 unspecified atom stereocenters. The fraction of sp³-hybridized carbons (Fsp3) is 0.176. The lowest BCUT2D eigenvalue weighted by atomic mass is 10.2. The Bertz CT molecular complexity index is 1020. The molecule has 4 rings (SSSR count). The standard InChI is InChI=1S/C17H13ClIN3O4/c1-23-12-3-8-11(5-13(12)24-2)20-6-21-17(8)22-14-9(18)4-10(19)15-16(14)26-7-25-15/h3-6H,7H2,1-2H3,(H,20,21,22). The Morgan fingerprint density at radius 3 is 2.58 bits per heavy atom. The number of fused-ring (bicyclic) bond motifs is 2. The van der Waals surface area contributed by atoms with E-state index in [1.54, 1.807) is 20.3 Å². The molecule has 0 atom stereocenters. The van der Waals surface area contributed by atoms with Gasteiger partial charge in [-0.3, -0.25) is 0 Å². The van der Waals surface area contributed by atoms with E-state index in [-0.39, 0.29) is 6.79 Å². The zero-order chi connectivity index (χ0) is 18.3. The zero-order valence-electron chi connectivity index (χ0n) is 13.8. The number of halogens is 2. The van der Waals surface area contributed by atoms with Crippen LogP contribution in [0.1, 0.15) is 0 Å². The molecule has 9 heteroatoms. The molecule has 0 spiro atoms. The van der Waals surface area contributed by atoms with Gasteiger partial charge in [-0.2, -0.15) is 0 Å². The maximum Gasteiger partial charge on any atom is 0.231 e. The third kappa shape index (κ3) is 2.82. The van der Waals surface area contributed by atoms with Gasteiger partial charge in [0.25, 0.3) is 0 Å². The summed E-state index contributed by atoms with van der Waals surface area (Å²) in [5, 5.41) is 4.51. The lowest BCUT2D eigenvalue weighted by Gasteiger charge is -2.14. The minimum Gasteiger partial charge on any atom is -0.493 e. The van der Waals surface area contributed by atoms with Crippen molar-refractivity contribution in [3.05, 3.63) is 33.1 Å². The van der Waals surface area contributed by atoms with Gasteiger partial charge in [0, 0.05) is 11.5 Å². The second kappa shape index (κ2) is 6.84. The number of rotatable bonds is 4. The van der Waals surface area contributed by atoms with Crippen LogP contribution >= 0.6 is 34.2 Å². The van der Waals surface area contributed by atoms with Gasteiger partial charge in [-0.15, -0.1) is 0 Å². The van der Waals surface area contributed by atoms with E-state index in [1.165, 1.54) is 6.33 Å². The van der Waals surface area contributed by atoms with Crippen molar-refractivity contribution in [2.45, 2.75) is 0 Å². The number of nitrogens with zero attached hydrogens (tertiary/aromatic N) is 2. The molecule has 0 saturated carbocycles. The van der Waals surface area contributed by atoms with Crippen molar-refractivity contribution in [2.75, 3.05) is 26.3 Å². The fourth-order valence-corrected chi connectivity index (χ4v) is 3.85. The zero-order valence-corrected chi connectivity index (χ0v) is 16.7. The Morgan fingerprint density at radius 2 is 1.81 bits per heavy atom. The van der Waals surface area contributed by atoms with Crippen molar-refractivity contribution in [3.8, 4) is 23.0 Å². The Hall–Kier alpha value is -2.20. The molecule has 0 fully saturated rings. The molecule has 1 aromatic heterocycles. The van der Waals surface area contributed by atoms with Gasteiger partial charge in [-0.1, -0.05) is 11.6 Å². The molecule has 2 heterocycles. The highest BCUT2D eigenvalue weighted by Gasteiger charge is 2.25. The molecule has 1 N–H and O–H groups in total. The number of aromatic nitrogens is 2. The first-order valence-corrected chi connectivity index (χ1v) is 8.99. The number of anilines is 2. The molecule has 3 aromatic rings. The van der Waals surface area contributed by atoms with E-state index in [9.17, 15) is 0 Å². The van der Waals surface area contributed by atoms with Crippen LogP contribution in [0.15, 0.2) is 24.5 Å². The van der Waals surface area contributed by atoms with Gasteiger partial charge in [-0.05, 0) is 34.7 Å². The molecular formula is C17H13ClIN3O4. The lowest BCUT2D eigenvalue weighted by Crippen LogP contribution is -2.00. The van der Waals surface area contributed by atoms with E-state index in [0.717, 1.165) is 8.96 Å². The first kappa shape index (κ1) is 17.2. The van der Waals surface area contributed by atoms with Crippen LogP contribution in [-0.4, -0.2) is 31.0 Å². The van der Waals surface area contributed by atoms with E-state index in [2.05, 4.69) is 37.9 Å². The minimum atomic E-state index is 0.149. The number of ether oxygens (including phenoxy) is 4. The molecule has 1 aliphatic heterocycles. The van der Waals surface area contributed by atoms with Crippen LogP contribution < -0.4 is 24.3 Å². The molecule has 1 aliphatic rings. The molecule has 134 valence electrons. The topological polar surface area (TPSA) is 74.7 Å². The van der Waals surface area contributed by atoms with Crippen LogP contribution in [0.3, 0.4) is 0 Å². The molecule has 0 radical (unpaired) electrons. The number of hydrogen-bond donors (Lipinski definition) is 1. The molecule has 2 aromatic carbocycles. The average molecular weight is 486 g/mol. The van der Waals surface area contributed by atoms with Gasteiger partial charge in [-0.25, -0.2) is 9.97 Å². The van der Waals surface area contributed by atoms with Gasteiger partial charge in [0.2, 0.25) is 6.79 Å². The van der Waals surface area contributed by atoms with Crippen LogP contribution in [0.4, 0.5) is 11.5 Å². The summed E-state index contributed by atoms with van der Waals surface area (Å²) in [6.07, 6.45) is 1.47. The Balaban J connectivity index is 1.85. The normalized spacial score (nSPS) is 12.3. The predicted octanol–water partition coefficient (Wildman–Crippen LogP) is 4.38. The summed E-state index contributed by atoms with van der Waals surface area (Å²) in [6, 6.07) is 5.42. The summed E-state index contributed by atoms with van der Waals surface area (Å²) < 4.78 is 22.7. The summed E-state index contributed by atoms with van der Waals surface area (Å²) in [5.41, 5.74) is 1.30. The number of nitrogens with one attached hydrogen (secondary N) is 1. The second-order valence-corrected chi connectivity index (χ2v) is 6.92. The van der Waals surface area contributed by atoms with Crippen molar-refractivity contribution < 1.29 is 18.9 Å². The molecule has 0 aliphatic carbocycles. The third-order valence-corrected chi connectivity index (χ3v) is 5.03. The van der Waals surface area contributed by atoms with Gasteiger partial charge >= 0.3 is 0 Å². The Labute approximate surface area is 167 Å². The SMILES string of the molecule is COc1cc2ncnc(Nc3c(Cl)cc(I)c4c3OCO4)c2cc1OC. The monoisotopic (exact) mass is 485 g/mol. The average Bonchev–Trinajstić information content (AvgIpc) is 3.14. The van der Waals surface area contributed by atoms with Gasteiger partial charge < -0.3 is 24.3 Å². The summed E-state index contributed by atoms with van der Waals surface area (Å²) in [6.45, 7) is 0.149. The summed E-state index contributed by atoms with van der Waals surface area (Å²) in [4.78, 5) is 8.65. The van der Waals surface area contributed by atoms with E-state index >= 15 is 0 Å². The molecule has 0 bridgehead atoms. The smallest absolute Gasteiger partial charge is 0.231 e. The third-order valence-electron chi connectivity index (χ3n) is 3.93. The fourth-order valence-electron chi connectivity index (χ4n) is 2.72. The summed E-state index contributed by atoms with van der Waals surface area (Å²) in [7, 11) is 3.16. The van der Waals surface area contributed by atoms with Crippen LogP contribution in [-0.2, 0) is 0 Å². The second-order valence-electron chi connectivity index (χ2n) is 5.35. The number of methoxy groups -OCH3 is 2. The first-order chi connectivity index (χ1) is 12.6. The maximum absolute atomic E-state index is 6.43. The van der Waals surface area contributed by atoms with E-state index in [0.29, 0.717) is 45.0 Å². The van der Waals surface area contributed by atoms with E-state index < -0.39 is 0 Å². The summed E-state index contributed by atoms with van der Waals surface area (Å²) in [5.74, 6) is 2.96. The van der Waals surface area contributed by atoms with Crippen LogP contribution in [0.5, 0.6) is 23.0 Å². The van der Waals surface area contributed by atoms with Crippen LogP contribution in [0, 0.1) is 3.57 Å². The van der Waals surface area contributed by atoms with Crippen molar-refractivity contribution in [2.24, 2.45) is 0 Å².